The van der Waals surface area contributed by atoms with E-state index in [2.05, 4.69) is 32.6 Å². The molecule has 0 radical (unpaired) electrons. The Kier molecular flexibility index (Phi) is 5.22. The van der Waals surface area contributed by atoms with Crippen LogP contribution in [0.25, 0.3) is 0 Å². The average molecular weight is 228 g/mol. The number of rotatable bonds is 5. The number of aliphatic hydroxyl groups excluding tert-OH is 1. The summed E-state index contributed by atoms with van der Waals surface area (Å²) in [6, 6.07) is 0.222. The number of nitrogens with zero attached hydrogens (tertiary/aromatic N) is 1. The Morgan fingerprint density at radius 2 is 1.94 bits per heavy atom. The van der Waals surface area contributed by atoms with Crippen molar-refractivity contribution in [1.82, 2.24) is 4.90 Å². The second-order valence-corrected chi connectivity index (χ2v) is 5.86. The van der Waals surface area contributed by atoms with Crippen LogP contribution in [-0.4, -0.2) is 41.8 Å². The third kappa shape index (κ3) is 3.19. The van der Waals surface area contributed by atoms with Gasteiger partial charge in [-0.3, -0.25) is 4.90 Å². The molecule has 1 saturated heterocycles. The molecule has 3 atom stereocenters. The van der Waals surface area contributed by atoms with E-state index in [1.54, 1.807) is 0 Å². The summed E-state index contributed by atoms with van der Waals surface area (Å²) >= 11 is 0. The lowest BCUT2D eigenvalue weighted by molar-refractivity contribution is 0.106. The van der Waals surface area contributed by atoms with E-state index in [0.717, 1.165) is 24.9 Å². The zero-order valence-corrected chi connectivity index (χ0v) is 11.2. The first-order valence-electron chi connectivity index (χ1n) is 6.57. The first-order valence-corrected chi connectivity index (χ1v) is 6.57. The van der Waals surface area contributed by atoms with Crippen LogP contribution in [-0.2, 0) is 0 Å². The molecule has 0 amide bonds. The van der Waals surface area contributed by atoms with E-state index in [1.807, 2.05) is 0 Å². The van der Waals surface area contributed by atoms with Crippen molar-refractivity contribution >= 4 is 0 Å². The van der Waals surface area contributed by atoms with Gasteiger partial charge in [-0.2, -0.15) is 0 Å². The van der Waals surface area contributed by atoms with Crippen LogP contribution in [0.15, 0.2) is 0 Å². The zero-order valence-electron chi connectivity index (χ0n) is 11.2. The minimum absolute atomic E-state index is 0.0795. The highest BCUT2D eigenvalue weighted by Gasteiger charge is 2.33. The standard InChI is InChI=1S/C13H28N2O/c1-9(2)11-5-6-15(7-11)12(8-16)13(14)10(3)4/h9-13,16H,5-8,14H2,1-4H3. The van der Waals surface area contributed by atoms with Crippen LogP contribution in [0.2, 0.25) is 0 Å². The summed E-state index contributed by atoms with van der Waals surface area (Å²) in [6.45, 7) is 11.2. The van der Waals surface area contributed by atoms with Gasteiger partial charge >= 0.3 is 0 Å². The Morgan fingerprint density at radius 3 is 2.31 bits per heavy atom. The molecule has 1 fully saturated rings. The molecule has 0 aromatic rings. The van der Waals surface area contributed by atoms with Crippen LogP contribution in [0.3, 0.4) is 0 Å². The van der Waals surface area contributed by atoms with E-state index in [0.29, 0.717) is 5.92 Å². The maximum Gasteiger partial charge on any atom is 0.0602 e. The molecule has 0 saturated carbocycles. The van der Waals surface area contributed by atoms with Crippen LogP contribution >= 0.6 is 0 Å². The van der Waals surface area contributed by atoms with Crippen LogP contribution in [0.4, 0.5) is 0 Å². The van der Waals surface area contributed by atoms with E-state index in [1.165, 1.54) is 6.42 Å². The van der Waals surface area contributed by atoms with Gasteiger partial charge in [0.05, 0.1) is 6.61 Å². The van der Waals surface area contributed by atoms with E-state index in [4.69, 9.17) is 5.73 Å². The second kappa shape index (κ2) is 5.99. The zero-order chi connectivity index (χ0) is 12.3. The average Bonchev–Trinajstić information content (AvgIpc) is 2.68. The molecule has 96 valence electrons. The van der Waals surface area contributed by atoms with Gasteiger partial charge in [0.15, 0.2) is 0 Å². The summed E-state index contributed by atoms with van der Waals surface area (Å²) in [6.07, 6.45) is 1.25. The molecule has 3 unspecified atom stereocenters. The van der Waals surface area contributed by atoms with Crippen molar-refractivity contribution in [2.24, 2.45) is 23.5 Å². The summed E-state index contributed by atoms with van der Waals surface area (Å²) in [5, 5.41) is 9.51. The Bertz CT molecular complexity index is 206. The number of aliphatic hydroxyl groups is 1. The summed E-state index contributed by atoms with van der Waals surface area (Å²) in [4.78, 5) is 2.38. The predicted molar refractivity (Wildman–Crippen MR) is 68.2 cm³/mol. The summed E-state index contributed by atoms with van der Waals surface area (Å²) < 4.78 is 0. The first-order chi connectivity index (χ1) is 7.47. The molecular formula is C13H28N2O. The lowest BCUT2D eigenvalue weighted by atomic mass is 9.94. The Labute approximate surface area is 100 Å². The fourth-order valence-electron chi connectivity index (χ4n) is 2.59. The quantitative estimate of drug-likeness (QED) is 0.746. The molecule has 3 N–H and O–H groups in total. The highest BCUT2D eigenvalue weighted by molar-refractivity contribution is 4.89. The van der Waals surface area contributed by atoms with Gasteiger partial charge in [0.1, 0.15) is 0 Å². The van der Waals surface area contributed by atoms with E-state index in [9.17, 15) is 5.11 Å². The van der Waals surface area contributed by atoms with E-state index < -0.39 is 0 Å². The van der Waals surface area contributed by atoms with Gasteiger partial charge in [-0.25, -0.2) is 0 Å². The van der Waals surface area contributed by atoms with E-state index >= 15 is 0 Å². The van der Waals surface area contributed by atoms with Gasteiger partial charge in [-0.1, -0.05) is 27.7 Å². The highest BCUT2D eigenvalue weighted by atomic mass is 16.3. The number of likely N-dealkylation sites (tertiary alicyclic amines) is 1. The molecule has 0 aromatic carbocycles. The predicted octanol–water partition coefficient (Wildman–Crippen LogP) is 1.31. The van der Waals surface area contributed by atoms with Crippen molar-refractivity contribution in [2.45, 2.75) is 46.2 Å². The van der Waals surface area contributed by atoms with Gasteiger partial charge in [0.2, 0.25) is 0 Å². The van der Waals surface area contributed by atoms with Crippen LogP contribution in [0, 0.1) is 17.8 Å². The maximum atomic E-state index is 9.51. The van der Waals surface area contributed by atoms with Crippen molar-refractivity contribution in [2.75, 3.05) is 19.7 Å². The first kappa shape index (κ1) is 13.9. The largest absolute Gasteiger partial charge is 0.395 e. The van der Waals surface area contributed by atoms with Gasteiger partial charge in [0, 0.05) is 18.6 Å². The second-order valence-electron chi connectivity index (χ2n) is 5.86. The molecular weight excluding hydrogens is 200 g/mol. The normalized spacial score (nSPS) is 26.6. The number of nitrogens with two attached hydrogens (primary N) is 1. The Morgan fingerprint density at radius 1 is 1.31 bits per heavy atom. The van der Waals surface area contributed by atoms with Crippen LogP contribution in [0.1, 0.15) is 34.1 Å². The van der Waals surface area contributed by atoms with E-state index in [-0.39, 0.29) is 18.7 Å². The van der Waals surface area contributed by atoms with Crippen molar-refractivity contribution in [3.8, 4) is 0 Å². The van der Waals surface area contributed by atoms with Gasteiger partial charge < -0.3 is 10.8 Å². The summed E-state index contributed by atoms with van der Waals surface area (Å²) in [5.41, 5.74) is 6.17. The Balaban J connectivity index is 2.56. The minimum atomic E-state index is 0.0795. The van der Waals surface area contributed by atoms with Crippen molar-refractivity contribution in [3.63, 3.8) is 0 Å². The van der Waals surface area contributed by atoms with Crippen molar-refractivity contribution in [3.05, 3.63) is 0 Å². The molecule has 0 bridgehead atoms. The Hall–Kier alpha value is -0.120. The van der Waals surface area contributed by atoms with Gasteiger partial charge in [0.25, 0.3) is 0 Å². The fraction of sp³-hybridized carbons (Fsp3) is 1.00. The fourth-order valence-corrected chi connectivity index (χ4v) is 2.59. The molecule has 1 aliphatic rings. The molecule has 0 spiro atoms. The van der Waals surface area contributed by atoms with Crippen molar-refractivity contribution < 1.29 is 5.11 Å². The lowest BCUT2D eigenvalue weighted by Gasteiger charge is -2.33. The SMILES string of the molecule is CC(C)C1CCN(C(CO)C(N)C(C)C)C1. The number of hydrogen-bond donors (Lipinski definition) is 2. The molecule has 16 heavy (non-hydrogen) atoms. The highest BCUT2D eigenvalue weighted by Crippen LogP contribution is 2.26. The van der Waals surface area contributed by atoms with Crippen LogP contribution < -0.4 is 5.73 Å². The lowest BCUT2D eigenvalue weighted by Crippen LogP contribution is -2.51. The smallest absolute Gasteiger partial charge is 0.0602 e. The molecule has 3 heteroatoms. The molecule has 0 aromatic heterocycles. The number of hydrogen-bond acceptors (Lipinski definition) is 3. The monoisotopic (exact) mass is 228 g/mol. The maximum absolute atomic E-state index is 9.51. The third-order valence-corrected chi connectivity index (χ3v) is 4.07. The van der Waals surface area contributed by atoms with Gasteiger partial charge in [-0.05, 0) is 30.7 Å². The molecule has 1 aliphatic heterocycles. The molecule has 0 aliphatic carbocycles. The molecule has 3 nitrogen and oxygen atoms in total. The van der Waals surface area contributed by atoms with Crippen LogP contribution in [0.5, 0.6) is 0 Å². The minimum Gasteiger partial charge on any atom is -0.395 e. The summed E-state index contributed by atoms with van der Waals surface area (Å²) in [5.74, 6) is 1.93. The van der Waals surface area contributed by atoms with Crippen molar-refractivity contribution in [1.29, 1.82) is 0 Å². The molecule has 1 rings (SSSR count). The third-order valence-electron chi connectivity index (χ3n) is 4.07. The summed E-state index contributed by atoms with van der Waals surface area (Å²) in [7, 11) is 0. The molecule has 1 heterocycles. The van der Waals surface area contributed by atoms with Gasteiger partial charge in [-0.15, -0.1) is 0 Å². The topological polar surface area (TPSA) is 49.5 Å².